The number of Topliss-reactive ketones (excluding diaryl/α,β-unsaturated/α-hetero) is 3. The molecule has 1 aliphatic carbocycles. The first-order valence-electron chi connectivity index (χ1n) is 17.8. The second kappa shape index (κ2) is 17.5. The van der Waals surface area contributed by atoms with Crippen LogP contribution in [0.4, 0.5) is 13.6 Å². The summed E-state index contributed by atoms with van der Waals surface area (Å²) in [5, 5.41) is 5.50. The van der Waals surface area contributed by atoms with Gasteiger partial charge in [-0.15, -0.1) is 6.58 Å². The van der Waals surface area contributed by atoms with Crippen molar-refractivity contribution in [2.75, 3.05) is 20.1 Å². The third kappa shape index (κ3) is 10.7. The zero-order valence-electron chi connectivity index (χ0n) is 31.4. The van der Waals surface area contributed by atoms with Gasteiger partial charge in [0.15, 0.2) is 16.6 Å². The number of carbonyl (C=O) groups excluding carboxylic acids is 5. The number of nitrogens with zero attached hydrogens (tertiary/aromatic N) is 3. The maximum absolute atomic E-state index is 14.4. The standard InChI is InChI=1S/C37H55F2N5O7S/c1-9-10-16-26(45)32(47)24(20-29(38)39)19-27(46)31-25-15-13-14-23(25)21-44(31)34(48)33(37(5,6)7)42-35(49)41-28(36(2,3)4)22-43(8)52(50,51)30-17-11-12-18-40-30/h9,11-12,17-18,23-25,28-29,31,33H,1,10,13-16,19-22H2,2-8H3,(H2,41,42,49)/t23-,24-,25-,28+,31-,33+/m0/s1. The third-order valence-electron chi connectivity index (χ3n) is 10.1. The van der Waals surface area contributed by atoms with Gasteiger partial charge in [-0.2, -0.15) is 4.31 Å². The van der Waals surface area contributed by atoms with Crippen LogP contribution in [0.15, 0.2) is 42.1 Å². The van der Waals surface area contributed by atoms with Crippen molar-refractivity contribution in [2.45, 2.75) is 116 Å². The summed E-state index contributed by atoms with van der Waals surface area (Å²) in [4.78, 5) is 72.9. The van der Waals surface area contributed by atoms with Gasteiger partial charge in [-0.1, -0.05) is 60.1 Å². The lowest BCUT2D eigenvalue weighted by Gasteiger charge is -2.38. The Morgan fingerprint density at radius 1 is 1.06 bits per heavy atom. The number of sulfonamides is 1. The monoisotopic (exact) mass is 751 g/mol. The van der Waals surface area contributed by atoms with E-state index in [2.05, 4.69) is 22.2 Å². The molecule has 2 heterocycles. The number of amides is 3. The van der Waals surface area contributed by atoms with Crippen molar-refractivity contribution >= 4 is 39.3 Å². The first kappa shape index (κ1) is 42.8. The second-order valence-corrected chi connectivity index (χ2v) is 18.2. The number of likely N-dealkylation sites (N-methyl/N-ethyl adjacent to an activating group) is 1. The highest BCUT2D eigenvalue weighted by molar-refractivity contribution is 7.89. The largest absolute Gasteiger partial charge is 0.334 e. The quantitative estimate of drug-likeness (QED) is 0.170. The van der Waals surface area contributed by atoms with Gasteiger partial charge in [-0.25, -0.2) is 27.0 Å². The molecule has 2 aliphatic rings. The zero-order valence-corrected chi connectivity index (χ0v) is 32.2. The molecule has 0 radical (unpaired) electrons. The molecule has 1 saturated carbocycles. The Morgan fingerprint density at radius 3 is 2.29 bits per heavy atom. The van der Waals surface area contributed by atoms with Gasteiger partial charge in [-0.05, 0) is 54.1 Å². The molecule has 52 heavy (non-hydrogen) atoms. The van der Waals surface area contributed by atoms with Gasteiger partial charge in [0.2, 0.25) is 18.1 Å². The summed E-state index contributed by atoms with van der Waals surface area (Å²) in [7, 11) is -2.59. The highest BCUT2D eigenvalue weighted by Gasteiger charge is 2.52. The Labute approximate surface area is 306 Å². The smallest absolute Gasteiger partial charge is 0.315 e. The molecule has 1 aliphatic heterocycles. The molecule has 0 unspecified atom stereocenters. The first-order chi connectivity index (χ1) is 24.1. The van der Waals surface area contributed by atoms with Crippen molar-refractivity contribution in [3.63, 3.8) is 0 Å². The highest BCUT2D eigenvalue weighted by Crippen LogP contribution is 2.44. The molecule has 0 bridgehead atoms. The number of carbonyl (C=O) groups is 5. The second-order valence-electron chi connectivity index (χ2n) is 16.2. The van der Waals surface area contributed by atoms with Crippen LogP contribution >= 0.6 is 0 Å². The van der Waals surface area contributed by atoms with E-state index < -0.39 is 93.5 Å². The Bertz CT molecular complexity index is 1580. The van der Waals surface area contributed by atoms with Crippen LogP contribution in [0, 0.1) is 28.6 Å². The van der Waals surface area contributed by atoms with Gasteiger partial charge >= 0.3 is 6.03 Å². The molecule has 15 heteroatoms. The fraction of sp³-hybridized carbons (Fsp3) is 0.676. The molecular formula is C37H55F2N5O7S. The van der Waals surface area contributed by atoms with Crippen LogP contribution < -0.4 is 10.6 Å². The summed E-state index contributed by atoms with van der Waals surface area (Å²) < 4.78 is 54.7. The van der Waals surface area contributed by atoms with Crippen molar-refractivity contribution in [1.29, 1.82) is 0 Å². The van der Waals surface area contributed by atoms with E-state index in [0.29, 0.717) is 6.42 Å². The van der Waals surface area contributed by atoms with Crippen molar-refractivity contribution in [2.24, 2.45) is 28.6 Å². The predicted octanol–water partition coefficient (Wildman–Crippen LogP) is 4.79. The van der Waals surface area contributed by atoms with Gasteiger partial charge in [0.25, 0.3) is 10.0 Å². The highest BCUT2D eigenvalue weighted by atomic mass is 32.2. The topological polar surface area (TPSA) is 163 Å². The SMILES string of the molecule is C=CCCC(=O)C(=O)[C@@H](CC(=O)[C@@H]1[C@H]2CCC[C@H]2CN1C(=O)[C@@H](NC(=O)N[C@H](CN(C)S(=O)(=O)c1ccccn1)C(C)(C)C)C(C)(C)C)CC(F)F. The van der Waals surface area contributed by atoms with Crippen LogP contribution in [0.1, 0.15) is 86.5 Å². The summed E-state index contributed by atoms with van der Waals surface area (Å²) in [5.74, 6) is -4.73. The van der Waals surface area contributed by atoms with Crippen LogP contribution in [0.3, 0.4) is 0 Å². The lowest BCUT2D eigenvalue weighted by Crippen LogP contribution is -2.61. The summed E-state index contributed by atoms with van der Waals surface area (Å²) in [6.07, 6.45) is 0.560. The number of allylic oxidation sites excluding steroid dienone is 1. The number of rotatable bonds is 17. The Hall–Kier alpha value is -3.59. The number of urea groups is 1. The summed E-state index contributed by atoms with van der Waals surface area (Å²) in [5.41, 5.74) is -1.49. The van der Waals surface area contributed by atoms with Crippen LogP contribution in [-0.2, 0) is 29.2 Å². The van der Waals surface area contributed by atoms with E-state index in [1.54, 1.807) is 32.9 Å². The van der Waals surface area contributed by atoms with Crippen molar-refractivity contribution < 1.29 is 41.2 Å². The fourth-order valence-corrected chi connectivity index (χ4v) is 8.20. The number of hydrogen-bond acceptors (Lipinski definition) is 8. The third-order valence-corrected chi connectivity index (χ3v) is 11.9. The maximum atomic E-state index is 14.4. The number of likely N-dealkylation sites (tertiary alicyclic amines) is 1. The summed E-state index contributed by atoms with van der Waals surface area (Å²) in [6, 6.07) is 0.954. The molecule has 1 aromatic heterocycles. The first-order valence-corrected chi connectivity index (χ1v) is 19.3. The van der Waals surface area contributed by atoms with Gasteiger partial charge in [0.05, 0.1) is 6.04 Å². The maximum Gasteiger partial charge on any atom is 0.315 e. The molecule has 12 nitrogen and oxygen atoms in total. The lowest BCUT2D eigenvalue weighted by atomic mass is 9.83. The van der Waals surface area contributed by atoms with E-state index in [1.807, 2.05) is 20.8 Å². The van der Waals surface area contributed by atoms with E-state index in [0.717, 1.165) is 17.1 Å². The molecule has 3 rings (SSSR count). The summed E-state index contributed by atoms with van der Waals surface area (Å²) in [6.45, 7) is 14.4. The average molecular weight is 752 g/mol. The normalized spacial score (nSPS) is 21.0. The van der Waals surface area contributed by atoms with Gasteiger partial charge in [0, 0.05) is 57.6 Å². The number of ketones is 3. The van der Waals surface area contributed by atoms with Crippen LogP contribution in [0.5, 0.6) is 0 Å². The minimum absolute atomic E-state index is 0.0207. The zero-order chi connectivity index (χ0) is 39.2. The number of nitrogens with one attached hydrogen (secondary N) is 2. The molecule has 2 fully saturated rings. The van der Waals surface area contributed by atoms with Crippen LogP contribution in [-0.4, -0.2) is 96.6 Å². The number of pyridine rings is 1. The van der Waals surface area contributed by atoms with E-state index in [1.165, 1.54) is 30.3 Å². The minimum atomic E-state index is -3.98. The minimum Gasteiger partial charge on any atom is -0.334 e. The fourth-order valence-electron chi connectivity index (χ4n) is 7.09. The average Bonchev–Trinajstić information content (AvgIpc) is 3.66. The van der Waals surface area contributed by atoms with E-state index in [9.17, 15) is 41.2 Å². The van der Waals surface area contributed by atoms with Gasteiger partial charge in [0.1, 0.15) is 6.04 Å². The predicted molar refractivity (Wildman–Crippen MR) is 192 cm³/mol. The number of hydrogen-bond donors (Lipinski definition) is 2. The van der Waals surface area contributed by atoms with Gasteiger partial charge < -0.3 is 15.5 Å². The van der Waals surface area contributed by atoms with E-state index >= 15 is 0 Å². The number of halogens is 2. The molecule has 290 valence electrons. The molecule has 0 aromatic carbocycles. The molecule has 2 N–H and O–H groups in total. The Balaban J connectivity index is 1.85. The molecular weight excluding hydrogens is 696 g/mol. The summed E-state index contributed by atoms with van der Waals surface area (Å²) >= 11 is 0. The van der Waals surface area contributed by atoms with Crippen LogP contribution in [0.25, 0.3) is 0 Å². The van der Waals surface area contributed by atoms with Crippen LogP contribution in [0.2, 0.25) is 0 Å². The Kier molecular flexibility index (Phi) is 14.4. The number of aromatic nitrogens is 1. The molecule has 3 amide bonds. The number of fused-ring (bicyclic) bond motifs is 1. The van der Waals surface area contributed by atoms with Crippen molar-refractivity contribution in [1.82, 2.24) is 24.8 Å². The molecule has 0 spiro atoms. The van der Waals surface area contributed by atoms with E-state index in [-0.39, 0.29) is 42.8 Å². The van der Waals surface area contributed by atoms with Crippen molar-refractivity contribution in [3.8, 4) is 0 Å². The van der Waals surface area contributed by atoms with Crippen molar-refractivity contribution in [3.05, 3.63) is 37.1 Å². The lowest BCUT2D eigenvalue weighted by molar-refractivity contribution is -0.144. The molecule has 1 aromatic rings. The molecule has 6 atom stereocenters. The van der Waals surface area contributed by atoms with Gasteiger partial charge in [-0.3, -0.25) is 19.2 Å². The molecule has 1 saturated heterocycles. The Morgan fingerprint density at radius 2 is 1.73 bits per heavy atom. The number of alkyl halides is 2. The van der Waals surface area contributed by atoms with E-state index in [4.69, 9.17) is 0 Å².